The second kappa shape index (κ2) is 5.98. The molecule has 17 heavy (non-hydrogen) atoms. The van der Waals surface area contributed by atoms with Gasteiger partial charge in [0, 0.05) is 12.6 Å². The maximum absolute atomic E-state index is 13.8. The number of nitrogens with zero attached hydrogens (tertiary/aromatic N) is 1. The zero-order valence-electron chi connectivity index (χ0n) is 9.94. The highest BCUT2D eigenvalue weighted by Crippen LogP contribution is 2.28. The number of benzene rings is 1. The minimum atomic E-state index is -0.145. The maximum atomic E-state index is 13.8. The van der Waals surface area contributed by atoms with E-state index in [2.05, 4.69) is 9.74 Å². The van der Waals surface area contributed by atoms with E-state index < -0.39 is 0 Å². The Morgan fingerprint density at radius 3 is 2.94 bits per heavy atom. The first-order valence-corrected chi connectivity index (χ1v) is 6.16. The van der Waals surface area contributed by atoms with E-state index in [1.54, 1.807) is 6.07 Å². The highest BCUT2D eigenvalue weighted by Gasteiger charge is 2.24. The molecule has 1 unspecified atom stereocenters. The molecule has 1 saturated heterocycles. The number of rotatable bonds is 4. The fourth-order valence-electron chi connectivity index (χ4n) is 2.51. The predicted molar refractivity (Wildman–Crippen MR) is 66.1 cm³/mol. The van der Waals surface area contributed by atoms with Gasteiger partial charge in [0.1, 0.15) is 5.82 Å². The highest BCUT2D eigenvalue weighted by atomic mass is 19.1. The summed E-state index contributed by atoms with van der Waals surface area (Å²) in [6.07, 6.45) is 4.25. The summed E-state index contributed by atoms with van der Waals surface area (Å²) in [6, 6.07) is 7.30. The average Bonchev–Trinajstić information content (AvgIpc) is 2.37. The van der Waals surface area contributed by atoms with Gasteiger partial charge in [-0.25, -0.2) is 10.3 Å². The molecular weight excluding hydrogens is 219 g/mol. The minimum Gasteiger partial charge on any atom is -0.366 e. The minimum absolute atomic E-state index is 0.145. The summed E-state index contributed by atoms with van der Waals surface area (Å²) in [5, 5.41) is 0. The van der Waals surface area contributed by atoms with Crippen LogP contribution in [0.15, 0.2) is 24.3 Å². The quantitative estimate of drug-likeness (QED) is 0.819. The van der Waals surface area contributed by atoms with Gasteiger partial charge in [-0.1, -0.05) is 12.1 Å². The number of hydrogen-bond acceptors (Lipinski definition) is 3. The monoisotopic (exact) mass is 238 g/mol. The molecule has 2 rings (SSSR count). The Morgan fingerprint density at radius 1 is 1.35 bits per heavy atom. The molecule has 1 aliphatic rings. The van der Waals surface area contributed by atoms with E-state index in [0.717, 1.165) is 25.8 Å². The summed E-state index contributed by atoms with van der Waals surface area (Å²) >= 11 is 0. The van der Waals surface area contributed by atoms with E-state index >= 15 is 0 Å². The van der Waals surface area contributed by atoms with Crippen LogP contribution in [0, 0.1) is 5.82 Å². The van der Waals surface area contributed by atoms with E-state index in [4.69, 9.17) is 5.90 Å². The number of piperidine rings is 1. The summed E-state index contributed by atoms with van der Waals surface area (Å²) < 4.78 is 13.8. The van der Waals surface area contributed by atoms with Crippen molar-refractivity contribution in [1.29, 1.82) is 0 Å². The number of nitrogens with two attached hydrogens (primary N) is 1. The summed E-state index contributed by atoms with van der Waals surface area (Å²) in [7, 11) is 0. The topological polar surface area (TPSA) is 38.5 Å². The Labute approximate surface area is 101 Å². The van der Waals surface area contributed by atoms with Crippen molar-refractivity contribution in [2.24, 2.45) is 5.90 Å². The Hall–Kier alpha value is -1.13. The van der Waals surface area contributed by atoms with Gasteiger partial charge < -0.3 is 9.74 Å². The van der Waals surface area contributed by atoms with Crippen molar-refractivity contribution in [3.63, 3.8) is 0 Å². The molecule has 0 saturated carbocycles. The Kier molecular flexibility index (Phi) is 4.34. The molecule has 0 spiro atoms. The smallest absolute Gasteiger partial charge is 0.146 e. The van der Waals surface area contributed by atoms with Gasteiger partial charge in [0.25, 0.3) is 0 Å². The van der Waals surface area contributed by atoms with E-state index in [1.165, 1.54) is 12.5 Å². The lowest BCUT2D eigenvalue weighted by Crippen LogP contribution is -2.40. The molecule has 4 heteroatoms. The Balaban J connectivity index is 2.13. The lowest BCUT2D eigenvalue weighted by Gasteiger charge is -2.37. The molecule has 1 aromatic rings. The van der Waals surface area contributed by atoms with E-state index in [-0.39, 0.29) is 5.82 Å². The second-order valence-corrected chi connectivity index (χ2v) is 4.45. The van der Waals surface area contributed by atoms with E-state index in [9.17, 15) is 4.39 Å². The molecule has 1 heterocycles. The van der Waals surface area contributed by atoms with Gasteiger partial charge in [0.2, 0.25) is 0 Å². The first-order chi connectivity index (χ1) is 8.33. The normalized spacial score (nSPS) is 20.6. The van der Waals surface area contributed by atoms with Crippen LogP contribution in [-0.2, 0) is 4.84 Å². The fraction of sp³-hybridized carbons (Fsp3) is 0.538. The molecule has 1 aliphatic heterocycles. The van der Waals surface area contributed by atoms with Crippen molar-refractivity contribution in [2.45, 2.75) is 31.7 Å². The van der Waals surface area contributed by atoms with Gasteiger partial charge in [-0.15, -0.1) is 0 Å². The molecule has 0 aromatic heterocycles. The van der Waals surface area contributed by atoms with Crippen LogP contribution in [0.5, 0.6) is 0 Å². The van der Waals surface area contributed by atoms with Crippen LogP contribution >= 0.6 is 0 Å². The molecule has 1 atom stereocenters. The molecule has 2 N–H and O–H groups in total. The molecule has 0 amide bonds. The first kappa shape index (κ1) is 12.3. The van der Waals surface area contributed by atoms with Crippen LogP contribution in [0.3, 0.4) is 0 Å². The van der Waals surface area contributed by atoms with Crippen molar-refractivity contribution in [3.05, 3.63) is 30.1 Å². The van der Waals surface area contributed by atoms with Crippen molar-refractivity contribution in [3.8, 4) is 0 Å². The molecule has 0 bridgehead atoms. The van der Waals surface area contributed by atoms with Gasteiger partial charge in [0.15, 0.2) is 0 Å². The van der Waals surface area contributed by atoms with Gasteiger partial charge in [-0.3, -0.25) is 0 Å². The van der Waals surface area contributed by atoms with Crippen LogP contribution in [-0.4, -0.2) is 19.2 Å². The van der Waals surface area contributed by atoms with Crippen molar-refractivity contribution >= 4 is 5.69 Å². The second-order valence-electron chi connectivity index (χ2n) is 4.45. The highest BCUT2D eigenvalue weighted by molar-refractivity contribution is 5.49. The molecule has 0 radical (unpaired) electrons. The fourth-order valence-corrected chi connectivity index (χ4v) is 2.51. The van der Waals surface area contributed by atoms with Gasteiger partial charge in [-0.05, 0) is 37.8 Å². The summed E-state index contributed by atoms with van der Waals surface area (Å²) in [5.41, 5.74) is 0.703. The third-order valence-electron chi connectivity index (χ3n) is 3.36. The van der Waals surface area contributed by atoms with Crippen LogP contribution < -0.4 is 10.8 Å². The largest absolute Gasteiger partial charge is 0.366 e. The lowest BCUT2D eigenvalue weighted by atomic mass is 9.98. The third-order valence-corrected chi connectivity index (χ3v) is 3.36. The Morgan fingerprint density at radius 2 is 2.18 bits per heavy atom. The van der Waals surface area contributed by atoms with Crippen LogP contribution in [0.25, 0.3) is 0 Å². The Bertz CT molecular complexity index is 359. The molecule has 94 valence electrons. The zero-order valence-corrected chi connectivity index (χ0v) is 9.94. The van der Waals surface area contributed by atoms with Gasteiger partial charge in [-0.2, -0.15) is 0 Å². The average molecular weight is 238 g/mol. The summed E-state index contributed by atoms with van der Waals surface area (Å²) in [6.45, 7) is 1.44. The van der Waals surface area contributed by atoms with E-state index in [0.29, 0.717) is 18.3 Å². The third kappa shape index (κ3) is 2.96. The van der Waals surface area contributed by atoms with Gasteiger partial charge in [0.05, 0.1) is 12.3 Å². The SMILES string of the molecule is NOCCC1CCCCN1c1ccccc1F. The van der Waals surface area contributed by atoms with Gasteiger partial charge >= 0.3 is 0 Å². The molecule has 0 aliphatic carbocycles. The van der Waals surface area contributed by atoms with Crippen LogP contribution in [0.1, 0.15) is 25.7 Å². The number of para-hydroxylation sites is 1. The lowest BCUT2D eigenvalue weighted by molar-refractivity contribution is 0.127. The molecule has 3 nitrogen and oxygen atoms in total. The molecular formula is C13H19FN2O. The van der Waals surface area contributed by atoms with Crippen molar-refractivity contribution in [1.82, 2.24) is 0 Å². The van der Waals surface area contributed by atoms with E-state index in [1.807, 2.05) is 12.1 Å². The van der Waals surface area contributed by atoms with Crippen LogP contribution in [0.2, 0.25) is 0 Å². The van der Waals surface area contributed by atoms with Crippen molar-refractivity contribution < 1.29 is 9.23 Å². The standard InChI is InChI=1S/C13H19FN2O/c14-12-6-1-2-7-13(12)16-9-4-3-5-11(16)8-10-17-15/h1-2,6-7,11H,3-5,8-10,15H2. The van der Waals surface area contributed by atoms with Crippen molar-refractivity contribution in [2.75, 3.05) is 18.1 Å². The number of anilines is 1. The first-order valence-electron chi connectivity index (χ1n) is 6.16. The summed E-state index contributed by atoms with van der Waals surface area (Å²) in [5.74, 6) is 4.92. The zero-order chi connectivity index (χ0) is 12.1. The molecule has 1 aromatic carbocycles. The van der Waals surface area contributed by atoms with Crippen LogP contribution in [0.4, 0.5) is 10.1 Å². The molecule has 1 fully saturated rings. The summed E-state index contributed by atoms with van der Waals surface area (Å²) in [4.78, 5) is 6.79. The number of hydrogen-bond donors (Lipinski definition) is 1. The number of halogens is 1. The maximum Gasteiger partial charge on any atom is 0.146 e. The predicted octanol–water partition coefficient (Wildman–Crippen LogP) is 2.47.